The molecule has 3 fully saturated rings. The van der Waals surface area contributed by atoms with Crippen LogP contribution in [0.3, 0.4) is 0 Å². The molecule has 0 radical (unpaired) electrons. The van der Waals surface area contributed by atoms with Gasteiger partial charge in [0.1, 0.15) is 0 Å². The maximum Gasteiger partial charge on any atom is 0.0114 e. The van der Waals surface area contributed by atoms with Gasteiger partial charge in [0.05, 0.1) is 0 Å². The van der Waals surface area contributed by atoms with E-state index in [1.807, 2.05) is 0 Å². The molecule has 5 atom stereocenters. The van der Waals surface area contributed by atoms with Crippen molar-refractivity contribution in [2.75, 3.05) is 26.2 Å². The highest BCUT2D eigenvalue weighted by atomic mass is 15.3. The van der Waals surface area contributed by atoms with Crippen LogP contribution in [-0.2, 0) is 0 Å². The highest BCUT2D eigenvalue weighted by Gasteiger charge is 2.34. The van der Waals surface area contributed by atoms with E-state index >= 15 is 0 Å². The van der Waals surface area contributed by atoms with E-state index in [9.17, 15) is 0 Å². The Bertz CT molecular complexity index is 297. The molecule has 0 aromatic carbocycles. The molecule has 3 rings (SSSR count). The first-order valence-corrected chi connectivity index (χ1v) is 9.75. The van der Waals surface area contributed by atoms with Gasteiger partial charge in [-0.05, 0) is 56.3 Å². The lowest BCUT2D eigenvalue weighted by Crippen LogP contribution is -2.56. The number of hydrogen-bond donors (Lipinski definition) is 1. The minimum Gasteiger partial charge on any atom is -0.328 e. The van der Waals surface area contributed by atoms with Gasteiger partial charge in [-0.1, -0.05) is 20.8 Å². The average Bonchev–Trinajstić information content (AvgIpc) is 2.45. The average molecular weight is 308 g/mol. The summed E-state index contributed by atoms with van der Waals surface area (Å²) in [6.07, 6.45) is 8.11. The third-order valence-corrected chi connectivity index (χ3v) is 6.49. The number of hydrogen-bond acceptors (Lipinski definition) is 3. The monoisotopic (exact) mass is 307 g/mol. The lowest BCUT2D eigenvalue weighted by Gasteiger charge is -2.47. The molecule has 2 saturated carbocycles. The summed E-state index contributed by atoms with van der Waals surface area (Å²) < 4.78 is 0. The Balaban J connectivity index is 1.50. The lowest BCUT2D eigenvalue weighted by atomic mass is 9.79. The molecule has 1 aliphatic heterocycles. The van der Waals surface area contributed by atoms with Crippen molar-refractivity contribution in [3.63, 3.8) is 0 Å². The maximum absolute atomic E-state index is 6.26. The van der Waals surface area contributed by atoms with Gasteiger partial charge in [0.2, 0.25) is 0 Å². The van der Waals surface area contributed by atoms with Crippen LogP contribution in [0.4, 0.5) is 0 Å². The van der Waals surface area contributed by atoms with E-state index in [-0.39, 0.29) is 0 Å². The molecule has 0 amide bonds. The van der Waals surface area contributed by atoms with Crippen LogP contribution in [0.25, 0.3) is 0 Å². The standard InChI is InChI=1S/C19H37N3/c1-14-8-15(2)11-18(10-14)21-4-6-22(7-5-21)19-12-16(3)9-17(20)13-19/h14-19H,4-13,20H2,1-3H3. The molecule has 2 aliphatic carbocycles. The van der Waals surface area contributed by atoms with Gasteiger partial charge in [0, 0.05) is 44.3 Å². The van der Waals surface area contributed by atoms with Gasteiger partial charge in [-0.15, -0.1) is 0 Å². The quantitative estimate of drug-likeness (QED) is 0.851. The Morgan fingerprint density at radius 1 is 0.591 bits per heavy atom. The largest absolute Gasteiger partial charge is 0.328 e. The normalized spacial score (nSPS) is 45.8. The number of nitrogens with two attached hydrogens (primary N) is 1. The molecule has 128 valence electrons. The van der Waals surface area contributed by atoms with Gasteiger partial charge in [0.25, 0.3) is 0 Å². The Morgan fingerprint density at radius 2 is 1.00 bits per heavy atom. The van der Waals surface area contributed by atoms with Crippen LogP contribution in [0.5, 0.6) is 0 Å². The maximum atomic E-state index is 6.26. The summed E-state index contributed by atoms with van der Waals surface area (Å²) in [6, 6.07) is 2.05. The zero-order valence-electron chi connectivity index (χ0n) is 15.0. The van der Waals surface area contributed by atoms with E-state index in [1.165, 1.54) is 64.7 Å². The summed E-state index contributed by atoms with van der Waals surface area (Å²) in [6.45, 7) is 12.4. The molecule has 0 spiro atoms. The Hall–Kier alpha value is -0.120. The van der Waals surface area contributed by atoms with Crippen LogP contribution in [-0.4, -0.2) is 54.1 Å². The molecule has 5 unspecified atom stereocenters. The summed E-state index contributed by atoms with van der Waals surface area (Å²) >= 11 is 0. The van der Waals surface area contributed by atoms with Gasteiger partial charge in [0.15, 0.2) is 0 Å². The first-order valence-electron chi connectivity index (χ1n) is 9.75. The summed E-state index contributed by atoms with van der Waals surface area (Å²) in [4.78, 5) is 5.55. The molecular formula is C19H37N3. The second-order valence-electron chi connectivity index (χ2n) is 8.87. The van der Waals surface area contributed by atoms with Crippen molar-refractivity contribution in [1.82, 2.24) is 9.80 Å². The van der Waals surface area contributed by atoms with E-state index in [1.54, 1.807) is 0 Å². The van der Waals surface area contributed by atoms with Crippen molar-refractivity contribution in [1.29, 1.82) is 0 Å². The zero-order chi connectivity index (χ0) is 15.7. The molecule has 1 heterocycles. The van der Waals surface area contributed by atoms with E-state index in [0.717, 1.165) is 29.8 Å². The Labute approximate surface area is 137 Å². The highest BCUT2D eigenvalue weighted by Crippen LogP contribution is 2.33. The van der Waals surface area contributed by atoms with Crippen molar-refractivity contribution in [2.24, 2.45) is 23.5 Å². The molecule has 0 bridgehead atoms. The van der Waals surface area contributed by atoms with Crippen molar-refractivity contribution in [2.45, 2.75) is 77.4 Å². The van der Waals surface area contributed by atoms with Crippen molar-refractivity contribution < 1.29 is 0 Å². The predicted octanol–water partition coefficient (Wildman–Crippen LogP) is 2.94. The summed E-state index contributed by atoms with van der Waals surface area (Å²) in [5.74, 6) is 2.65. The van der Waals surface area contributed by atoms with Crippen molar-refractivity contribution in [3.05, 3.63) is 0 Å². The second-order valence-corrected chi connectivity index (χ2v) is 8.87. The first-order chi connectivity index (χ1) is 10.5. The van der Waals surface area contributed by atoms with E-state index in [0.29, 0.717) is 6.04 Å². The van der Waals surface area contributed by atoms with Crippen LogP contribution >= 0.6 is 0 Å². The lowest BCUT2D eigenvalue weighted by molar-refractivity contribution is 0.0249. The molecular weight excluding hydrogens is 270 g/mol. The third-order valence-electron chi connectivity index (χ3n) is 6.49. The number of piperazine rings is 1. The molecule has 2 N–H and O–H groups in total. The molecule has 0 aromatic heterocycles. The fourth-order valence-corrected chi connectivity index (χ4v) is 5.59. The minimum atomic E-state index is 0.437. The highest BCUT2D eigenvalue weighted by molar-refractivity contribution is 4.90. The smallest absolute Gasteiger partial charge is 0.0114 e. The number of nitrogens with zero attached hydrogens (tertiary/aromatic N) is 2. The molecule has 22 heavy (non-hydrogen) atoms. The first kappa shape index (κ1) is 16.7. The van der Waals surface area contributed by atoms with Gasteiger partial charge in [-0.2, -0.15) is 0 Å². The van der Waals surface area contributed by atoms with Crippen LogP contribution in [0.1, 0.15) is 59.3 Å². The minimum absolute atomic E-state index is 0.437. The number of rotatable bonds is 2. The molecule has 3 heteroatoms. The van der Waals surface area contributed by atoms with Gasteiger partial charge in [-0.25, -0.2) is 0 Å². The fraction of sp³-hybridized carbons (Fsp3) is 1.00. The topological polar surface area (TPSA) is 32.5 Å². The van der Waals surface area contributed by atoms with Crippen LogP contribution in [0, 0.1) is 17.8 Å². The summed E-state index contributed by atoms with van der Waals surface area (Å²) in [7, 11) is 0. The van der Waals surface area contributed by atoms with Crippen molar-refractivity contribution >= 4 is 0 Å². The van der Waals surface area contributed by atoms with E-state index < -0.39 is 0 Å². The fourth-order valence-electron chi connectivity index (χ4n) is 5.59. The summed E-state index contributed by atoms with van der Waals surface area (Å²) in [5, 5.41) is 0. The zero-order valence-corrected chi connectivity index (χ0v) is 15.0. The van der Waals surface area contributed by atoms with Gasteiger partial charge in [-0.3, -0.25) is 9.80 Å². The van der Waals surface area contributed by atoms with Gasteiger partial charge >= 0.3 is 0 Å². The molecule has 3 aliphatic rings. The van der Waals surface area contributed by atoms with E-state index in [2.05, 4.69) is 30.6 Å². The predicted molar refractivity (Wildman–Crippen MR) is 93.9 cm³/mol. The SMILES string of the molecule is CC1CC(C)CC(N2CCN(C3CC(C)CC(N)C3)CC2)C1. The third kappa shape index (κ3) is 4.04. The molecule has 0 aromatic rings. The Morgan fingerprint density at radius 3 is 1.45 bits per heavy atom. The summed E-state index contributed by atoms with van der Waals surface area (Å²) in [5.41, 5.74) is 6.26. The van der Waals surface area contributed by atoms with Crippen molar-refractivity contribution in [3.8, 4) is 0 Å². The van der Waals surface area contributed by atoms with Crippen LogP contribution < -0.4 is 5.73 Å². The molecule has 1 saturated heterocycles. The second kappa shape index (κ2) is 7.19. The Kier molecular flexibility index (Phi) is 5.47. The molecule has 3 nitrogen and oxygen atoms in total. The van der Waals surface area contributed by atoms with Crippen LogP contribution in [0.15, 0.2) is 0 Å². The van der Waals surface area contributed by atoms with Crippen LogP contribution in [0.2, 0.25) is 0 Å². The van der Waals surface area contributed by atoms with Gasteiger partial charge < -0.3 is 5.73 Å². The van der Waals surface area contributed by atoms with E-state index in [4.69, 9.17) is 5.73 Å².